The lowest BCUT2D eigenvalue weighted by Crippen LogP contribution is -2.23. The van der Waals surface area contributed by atoms with Gasteiger partial charge in [-0.25, -0.2) is 0 Å². The van der Waals surface area contributed by atoms with Crippen molar-refractivity contribution in [2.75, 3.05) is 6.54 Å². The highest BCUT2D eigenvalue weighted by Crippen LogP contribution is 2.04. The van der Waals surface area contributed by atoms with Crippen LogP contribution in [-0.2, 0) is 11.3 Å². The summed E-state index contributed by atoms with van der Waals surface area (Å²) in [5.41, 5.74) is 11.8. The average Bonchev–Trinajstić information content (AvgIpc) is 2.37. The number of primary amides is 1. The minimum absolute atomic E-state index is 0.00655. The van der Waals surface area contributed by atoms with Crippen molar-refractivity contribution in [2.45, 2.75) is 25.8 Å². The largest absolute Gasteiger partial charge is 0.366 e. The first-order valence-electron chi connectivity index (χ1n) is 5.99. The van der Waals surface area contributed by atoms with Gasteiger partial charge in [0.1, 0.15) is 0 Å². The Hall–Kier alpha value is -1.88. The van der Waals surface area contributed by atoms with Crippen molar-refractivity contribution < 1.29 is 9.59 Å². The normalized spacial score (nSPS) is 10.1. The number of carbonyl (C=O) groups excluding carboxylic acids is 2. The molecule has 18 heavy (non-hydrogen) atoms. The van der Waals surface area contributed by atoms with Gasteiger partial charge in [-0.2, -0.15) is 0 Å². The van der Waals surface area contributed by atoms with Crippen LogP contribution in [0.25, 0.3) is 0 Å². The lowest BCUT2D eigenvalue weighted by Gasteiger charge is -2.06. The van der Waals surface area contributed by atoms with Gasteiger partial charge in [-0.05, 0) is 37.1 Å². The third-order valence-corrected chi connectivity index (χ3v) is 2.56. The Balaban J connectivity index is 2.41. The molecule has 0 fully saturated rings. The molecular weight excluding hydrogens is 230 g/mol. The number of hydrogen-bond acceptors (Lipinski definition) is 3. The number of nitrogens with two attached hydrogens (primary N) is 2. The fourth-order valence-electron chi connectivity index (χ4n) is 1.55. The van der Waals surface area contributed by atoms with E-state index in [2.05, 4.69) is 5.32 Å². The summed E-state index contributed by atoms with van der Waals surface area (Å²) in [6.07, 6.45) is 2.13. The standard InChI is InChI=1S/C13H19N3O2/c14-7-2-1-6-12(17)16-9-10-4-3-5-11(8-10)13(15)18/h3-5,8H,1-2,6-7,9,14H2,(H2,15,18)(H,16,17). The van der Waals surface area contributed by atoms with E-state index in [4.69, 9.17) is 11.5 Å². The van der Waals surface area contributed by atoms with Gasteiger partial charge in [-0.3, -0.25) is 9.59 Å². The Kier molecular flexibility index (Phi) is 5.87. The highest BCUT2D eigenvalue weighted by atomic mass is 16.1. The van der Waals surface area contributed by atoms with Crippen molar-refractivity contribution in [2.24, 2.45) is 11.5 Å². The van der Waals surface area contributed by atoms with Crippen LogP contribution in [0.1, 0.15) is 35.2 Å². The monoisotopic (exact) mass is 249 g/mol. The molecule has 0 heterocycles. The minimum Gasteiger partial charge on any atom is -0.366 e. The molecule has 5 N–H and O–H groups in total. The molecule has 1 aromatic carbocycles. The van der Waals surface area contributed by atoms with Crippen LogP contribution in [0.4, 0.5) is 0 Å². The van der Waals surface area contributed by atoms with Gasteiger partial charge in [-0.15, -0.1) is 0 Å². The summed E-state index contributed by atoms with van der Waals surface area (Å²) in [6, 6.07) is 6.92. The molecule has 0 unspecified atom stereocenters. The van der Waals surface area contributed by atoms with E-state index >= 15 is 0 Å². The summed E-state index contributed by atoms with van der Waals surface area (Å²) < 4.78 is 0. The van der Waals surface area contributed by atoms with Gasteiger partial charge >= 0.3 is 0 Å². The first kappa shape index (κ1) is 14.2. The van der Waals surface area contributed by atoms with Crippen LogP contribution in [0.15, 0.2) is 24.3 Å². The van der Waals surface area contributed by atoms with Crippen molar-refractivity contribution in [1.29, 1.82) is 0 Å². The topological polar surface area (TPSA) is 98.2 Å². The smallest absolute Gasteiger partial charge is 0.248 e. The van der Waals surface area contributed by atoms with Crippen LogP contribution in [0.3, 0.4) is 0 Å². The maximum absolute atomic E-state index is 11.5. The van der Waals surface area contributed by atoms with Crippen molar-refractivity contribution in [3.8, 4) is 0 Å². The second-order valence-corrected chi connectivity index (χ2v) is 4.09. The average molecular weight is 249 g/mol. The zero-order valence-electron chi connectivity index (χ0n) is 10.3. The van der Waals surface area contributed by atoms with Gasteiger partial charge < -0.3 is 16.8 Å². The molecule has 0 atom stereocenters. The molecule has 0 spiro atoms. The molecule has 2 amide bonds. The SMILES string of the molecule is NCCCCC(=O)NCc1cccc(C(N)=O)c1. The molecule has 5 nitrogen and oxygen atoms in total. The molecule has 0 saturated carbocycles. The van der Waals surface area contributed by atoms with Crippen LogP contribution in [-0.4, -0.2) is 18.4 Å². The number of unbranched alkanes of at least 4 members (excludes halogenated alkanes) is 1. The van der Waals surface area contributed by atoms with Crippen LogP contribution in [0.5, 0.6) is 0 Å². The van der Waals surface area contributed by atoms with Gasteiger partial charge in [-0.1, -0.05) is 12.1 Å². The first-order chi connectivity index (χ1) is 8.63. The van der Waals surface area contributed by atoms with Gasteiger partial charge in [0.05, 0.1) is 0 Å². The zero-order valence-corrected chi connectivity index (χ0v) is 10.3. The van der Waals surface area contributed by atoms with Gasteiger partial charge in [0.25, 0.3) is 0 Å². The number of hydrogen-bond donors (Lipinski definition) is 3. The van der Waals surface area contributed by atoms with Crippen LogP contribution in [0.2, 0.25) is 0 Å². The minimum atomic E-state index is -0.467. The molecule has 0 radical (unpaired) electrons. The maximum Gasteiger partial charge on any atom is 0.248 e. The zero-order chi connectivity index (χ0) is 13.4. The van der Waals surface area contributed by atoms with E-state index in [0.717, 1.165) is 18.4 Å². The molecule has 0 aromatic heterocycles. The molecule has 5 heteroatoms. The van der Waals surface area contributed by atoms with Crippen LogP contribution in [0, 0.1) is 0 Å². The summed E-state index contributed by atoms with van der Waals surface area (Å²) >= 11 is 0. The number of carbonyl (C=O) groups is 2. The van der Waals surface area contributed by atoms with Crippen molar-refractivity contribution in [3.63, 3.8) is 0 Å². The van der Waals surface area contributed by atoms with E-state index in [1.807, 2.05) is 6.07 Å². The van der Waals surface area contributed by atoms with E-state index in [-0.39, 0.29) is 5.91 Å². The lowest BCUT2D eigenvalue weighted by atomic mass is 10.1. The molecule has 1 rings (SSSR count). The lowest BCUT2D eigenvalue weighted by molar-refractivity contribution is -0.121. The van der Waals surface area contributed by atoms with Gasteiger partial charge in [0.2, 0.25) is 11.8 Å². The third kappa shape index (κ3) is 4.97. The predicted octanol–water partition coefficient (Wildman–Crippen LogP) is 0.531. The molecule has 0 aliphatic carbocycles. The predicted molar refractivity (Wildman–Crippen MR) is 69.7 cm³/mol. The molecule has 0 aliphatic heterocycles. The molecule has 1 aromatic rings. The maximum atomic E-state index is 11.5. The number of benzene rings is 1. The Morgan fingerprint density at radius 2 is 2.00 bits per heavy atom. The summed E-state index contributed by atoms with van der Waals surface area (Å²) in [4.78, 5) is 22.5. The van der Waals surface area contributed by atoms with E-state index in [0.29, 0.717) is 25.1 Å². The van der Waals surface area contributed by atoms with E-state index in [1.165, 1.54) is 0 Å². The fourth-order valence-corrected chi connectivity index (χ4v) is 1.55. The molecule has 0 aliphatic rings. The molecular formula is C13H19N3O2. The summed E-state index contributed by atoms with van der Waals surface area (Å²) in [5.74, 6) is -0.473. The van der Waals surface area contributed by atoms with E-state index in [1.54, 1.807) is 18.2 Å². The number of rotatable bonds is 7. The second kappa shape index (κ2) is 7.45. The van der Waals surface area contributed by atoms with Gasteiger partial charge in [0, 0.05) is 18.5 Å². The highest BCUT2D eigenvalue weighted by Gasteiger charge is 2.03. The quantitative estimate of drug-likeness (QED) is 0.615. The van der Waals surface area contributed by atoms with Crippen LogP contribution < -0.4 is 16.8 Å². The number of amides is 2. The molecule has 98 valence electrons. The first-order valence-corrected chi connectivity index (χ1v) is 5.99. The van der Waals surface area contributed by atoms with Crippen LogP contribution >= 0.6 is 0 Å². The van der Waals surface area contributed by atoms with Crippen molar-refractivity contribution in [3.05, 3.63) is 35.4 Å². The Labute approximate surface area is 107 Å². The summed E-state index contributed by atoms with van der Waals surface area (Å²) in [6.45, 7) is 1.01. The Morgan fingerprint density at radius 1 is 1.22 bits per heavy atom. The fraction of sp³-hybridized carbons (Fsp3) is 0.385. The van der Waals surface area contributed by atoms with Crippen molar-refractivity contribution in [1.82, 2.24) is 5.32 Å². The van der Waals surface area contributed by atoms with E-state index < -0.39 is 5.91 Å². The number of nitrogens with one attached hydrogen (secondary N) is 1. The van der Waals surface area contributed by atoms with Gasteiger partial charge in [0.15, 0.2) is 0 Å². The Bertz CT molecular complexity index is 418. The second-order valence-electron chi connectivity index (χ2n) is 4.09. The molecule has 0 saturated heterocycles. The third-order valence-electron chi connectivity index (χ3n) is 2.56. The molecule has 0 bridgehead atoms. The Morgan fingerprint density at radius 3 is 2.67 bits per heavy atom. The summed E-state index contributed by atoms with van der Waals surface area (Å²) in [5, 5.41) is 2.79. The van der Waals surface area contributed by atoms with E-state index in [9.17, 15) is 9.59 Å². The summed E-state index contributed by atoms with van der Waals surface area (Å²) in [7, 11) is 0. The van der Waals surface area contributed by atoms with Crippen molar-refractivity contribution >= 4 is 11.8 Å². The highest BCUT2D eigenvalue weighted by molar-refractivity contribution is 5.92.